The number of fused-ring (bicyclic) bond motifs is 3. The quantitative estimate of drug-likeness (QED) is 0.615. The molecule has 3 rings (SSSR count). The van der Waals surface area contributed by atoms with Crippen molar-refractivity contribution in [2.45, 2.75) is 25.4 Å². The van der Waals surface area contributed by atoms with Crippen LogP contribution in [-0.2, 0) is 24.0 Å². The van der Waals surface area contributed by atoms with E-state index < -0.39 is 11.2 Å². The average molecular weight is 229 g/mol. The molecule has 0 saturated carbocycles. The van der Waals surface area contributed by atoms with Crippen LogP contribution in [0.2, 0.25) is 0 Å². The monoisotopic (exact) mass is 229 g/mol. The number of hydrogen-bond donors (Lipinski definition) is 3. The Balaban J connectivity index is 2.15. The Morgan fingerprint density at radius 3 is 3.21 bits per heavy atom. The Kier molecular flexibility index (Phi) is 1.91. The van der Waals surface area contributed by atoms with E-state index in [0.717, 1.165) is 23.4 Å². The van der Waals surface area contributed by atoms with Crippen molar-refractivity contribution in [3.63, 3.8) is 0 Å². The van der Waals surface area contributed by atoms with Crippen molar-refractivity contribution in [1.29, 1.82) is 0 Å². The molecule has 1 aliphatic heterocycles. The molecule has 0 radical (unpaired) electrons. The van der Waals surface area contributed by atoms with Crippen LogP contribution in [0.4, 0.5) is 5.00 Å². The summed E-state index contributed by atoms with van der Waals surface area (Å²) >= 11 is 0.489. The second kappa shape index (κ2) is 3.03. The Labute approximate surface area is 88.6 Å². The van der Waals surface area contributed by atoms with E-state index in [2.05, 4.69) is 9.44 Å². The molecule has 2 heterocycles. The third kappa shape index (κ3) is 1.15. The number of aryl methyl sites for hydroxylation is 1. The van der Waals surface area contributed by atoms with Crippen molar-refractivity contribution in [2.24, 2.45) is 5.73 Å². The molecule has 2 unspecified atom stereocenters. The second-order valence-corrected chi connectivity index (χ2v) is 5.65. The summed E-state index contributed by atoms with van der Waals surface area (Å²) in [5.41, 5.74) is 8.44. The Morgan fingerprint density at radius 1 is 1.50 bits per heavy atom. The number of nitrogens with one attached hydrogen (secondary N) is 2. The predicted molar refractivity (Wildman–Crippen MR) is 58.2 cm³/mol. The first-order valence-electron chi connectivity index (χ1n) is 4.60. The summed E-state index contributed by atoms with van der Waals surface area (Å²) in [6.45, 7) is 0. The molecular formula is C8H11N3OS2. The first-order valence-corrected chi connectivity index (χ1v) is 6.57. The minimum Gasteiger partial charge on any atom is -0.311 e. The molecule has 1 aromatic heterocycles. The number of thiophene rings is 1. The third-order valence-electron chi connectivity index (χ3n) is 2.69. The summed E-state index contributed by atoms with van der Waals surface area (Å²) < 4.78 is 17.0. The second-order valence-electron chi connectivity index (χ2n) is 3.57. The summed E-state index contributed by atoms with van der Waals surface area (Å²) in [4.78, 5) is 1.42. The van der Waals surface area contributed by atoms with Gasteiger partial charge < -0.3 is 5.73 Å². The first kappa shape index (κ1) is 8.84. The van der Waals surface area contributed by atoms with Gasteiger partial charge in [-0.05, 0) is 24.8 Å². The van der Waals surface area contributed by atoms with Crippen LogP contribution < -0.4 is 15.2 Å². The number of hydrogen-bond acceptors (Lipinski definition) is 3. The molecule has 0 aromatic carbocycles. The molecule has 6 heteroatoms. The summed E-state index contributed by atoms with van der Waals surface area (Å²) in [5.74, 6) is 0. The highest BCUT2D eigenvalue weighted by Crippen LogP contribution is 2.42. The minimum absolute atomic E-state index is 0.273. The summed E-state index contributed by atoms with van der Waals surface area (Å²) in [5, 5.41) is 0.999. The van der Waals surface area contributed by atoms with Crippen molar-refractivity contribution in [3.05, 3.63) is 16.0 Å². The lowest BCUT2D eigenvalue weighted by Gasteiger charge is -2.21. The zero-order chi connectivity index (χ0) is 9.71. The van der Waals surface area contributed by atoms with Crippen LogP contribution in [0.15, 0.2) is 0 Å². The van der Waals surface area contributed by atoms with Crippen LogP contribution in [0.25, 0.3) is 0 Å². The first-order chi connectivity index (χ1) is 6.75. The van der Waals surface area contributed by atoms with Gasteiger partial charge in [0.15, 0.2) is 11.2 Å². The lowest BCUT2D eigenvalue weighted by Crippen LogP contribution is -2.38. The van der Waals surface area contributed by atoms with Gasteiger partial charge >= 0.3 is 0 Å². The van der Waals surface area contributed by atoms with Crippen LogP contribution in [0.1, 0.15) is 28.6 Å². The molecule has 2 atom stereocenters. The summed E-state index contributed by atoms with van der Waals surface area (Å²) in [6, 6.07) is 0. The fraction of sp³-hybridized carbons (Fsp3) is 0.500. The molecule has 0 spiro atoms. The van der Waals surface area contributed by atoms with Crippen LogP contribution >= 0.6 is 11.3 Å². The normalized spacial score (nSPS) is 29.5. The van der Waals surface area contributed by atoms with E-state index in [-0.39, 0.29) is 6.17 Å². The summed E-state index contributed by atoms with van der Waals surface area (Å²) in [6.07, 6.45) is 3.22. The topological polar surface area (TPSA) is 67.1 Å². The van der Waals surface area contributed by atoms with E-state index in [1.54, 1.807) is 11.3 Å². The smallest absolute Gasteiger partial charge is 0.195 e. The summed E-state index contributed by atoms with van der Waals surface area (Å²) in [7, 11) is 0. The molecule has 14 heavy (non-hydrogen) atoms. The maximum absolute atomic E-state index is 11.3. The maximum atomic E-state index is 11.3. The van der Waals surface area contributed by atoms with Crippen LogP contribution in [0.3, 0.4) is 0 Å². The maximum Gasteiger partial charge on any atom is 0.195 e. The fourth-order valence-electron chi connectivity index (χ4n) is 2.12. The van der Waals surface area contributed by atoms with E-state index in [1.807, 2.05) is 0 Å². The number of anilines is 1. The lowest BCUT2D eigenvalue weighted by atomic mass is 10.1. The van der Waals surface area contributed by atoms with Crippen molar-refractivity contribution < 1.29 is 4.21 Å². The molecule has 76 valence electrons. The van der Waals surface area contributed by atoms with Gasteiger partial charge in [-0.3, -0.25) is 4.72 Å². The SMILES string of the molecule is NC1NS(=O)Nc2sc3c(c21)CCC3. The zero-order valence-corrected chi connectivity index (χ0v) is 9.13. The predicted octanol–water partition coefficient (Wildman–Crippen LogP) is 0.788. The molecule has 4 N–H and O–H groups in total. The molecular weight excluding hydrogens is 218 g/mol. The number of nitrogens with two attached hydrogens (primary N) is 1. The van der Waals surface area contributed by atoms with E-state index in [0.29, 0.717) is 0 Å². The fourth-order valence-corrected chi connectivity index (χ4v) is 4.39. The van der Waals surface area contributed by atoms with Gasteiger partial charge in [-0.25, -0.2) is 4.21 Å². The Morgan fingerprint density at radius 2 is 2.36 bits per heavy atom. The zero-order valence-electron chi connectivity index (χ0n) is 7.50. The van der Waals surface area contributed by atoms with Gasteiger partial charge in [0.2, 0.25) is 0 Å². The van der Waals surface area contributed by atoms with Gasteiger partial charge in [0.25, 0.3) is 0 Å². The minimum atomic E-state index is -1.22. The molecule has 2 aliphatic rings. The molecule has 1 aromatic rings. The molecule has 0 amide bonds. The van der Waals surface area contributed by atoms with Gasteiger partial charge in [0.1, 0.15) is 5.00 Å². The van der Waals surface area contributed by atoms with Crippen molar-refractivity contribution >= 4 is 27.5 Å². The van der Waals surface area contributed by atoms with Crippen LogP contribution in [0.5, 0.6) is 0 Å². The van der Waals surface area contributed by atoms with Gasteiger partial charge in [-0.1, -0.05) is 0 Å². The van der Waals surface area contributed by atoms with Crippen molar-refractivity contribution in [2.75, 3.05) is 4.72 Å². The highest BCUT2D eigenvalue weighted by Gasteiger charge is 2.30. The molecule has 4 nitrogen and oxygen atoms in total. The van der Waals surface area contributed by atoms with E-state index in [4.69, 9.17) is 5.73 Å². The highest BCUT2D eigenvalue weighted by molar-refractivity contribution is 7.84. The largest absolute Gasteiger partial charge is 0.311 e. The van der Waals surface area contributed by atoms with Gasteiger partial charge in [0.05, 0.1) is 6.17 Å². The van der Waals surface area contributed by atoms with Gasteiger partial charge in [0, 0.05) is 10.4 Å². The van der Waals surface area contributed by atoms with E-state index >= 15 is 0 Å². The van der Waals surface area contributed by atoms with Crippen LogP contribution in [0, 0.1) is 0 Å². The third-order valence-corrected chi connectivity index (χ3v) is 4.90. The van der Waals surface area contributed by atoms with E-state index in [9.17, 15) is 4.21 Å². The Bertz CT molecular complexity index is 415. The Hall–Kier alpha value is -0.430. The number of rotatable bonds is 0. The lowest BCUT2D eigenvalue weighted by molar-refractivity contribution is 0.638. The van der Waals surface area contributed by atoms with Crippen LogP contribution in [-0.4, -0.2) is 4.21 Å². The molecule has 0 fully saturated rings. The van der Waals surface area contributed by atoms with Crippen molar-refractivity contribution in [1.82, 2.24) is 4.72 Å². The molecule has 1 aliphatic carbocycles. The van der Waals surface area contributed by atoms with Crippen molar-refractivity contribution in [3.8, 4) is 0 Å². The molecule has 0 bridgehead atoms. The molecule has 0 saturated heterocycles. The standard InChI is InChI=1S/C8H11N3OS2/c9-7-6-4-2-1-3-5(4)13-8(6)11-14(12)10-7/h7,10-11H,1-3,9H2. The van der Waals surface area contributed by atoms with E-state index in [1.165, 1.54) is 16.9 Å². The average Bonchev–Trinajstić information content (AvgIpc) is 2.60. The van der Waals surface area contributed by atoms with Gasteiger partial charge in [-0.15, -0.1) is 11.3 Å². The van der Waals surface area contributed by atoms with Gasteiger partial charge in [-0.2, -0.15) is 4.72 Å². The highest BCUT2D eigenvalue weighted by atomic mass is 32.2.